The topological polar surface area (TPSA) is 75.4 Å². The Morgan fingerprint density at radius 1 is 1.47 bits per heavy atom. The van der Waals surface area contributed by atoms with E-state index in [-0.39, 0.29) is 0 Å². The number of para-hydroxylation sites is 1. The fraction of sp³-hybridized carbons (Fsp3) is 0.250. The van der Waals surface area contributed by atoms with E-state index in [0.717, 1.165) is 10.6 Å². The van der Waals surface area contributed by atoms with Gasteiger partial charge in [-0.25, -0.2) is 8.42 Å². The predicted molar refractivity (Wildman–Crippen MR) is 60.7 cm³/mol. The summed E-state index contributed by atoms with van der Waals surface area (Å²) in [7, 11) is -1.76. The van der Waals surface area contributed by atoms with Gasteiger partial charge in [-0.15, -0.1) is 0 Å². The Morgan fingerprint density at radius 3 is 2.73 bits per heavy atom. The third kappa shape index (κ3) is 1.71. The van der Waals surface area contributed by atoms with Gasteiger partial charge < -0.3 is 4.90 Å². The van der Waals surface area contributed by atoms with E-state index < -0.39 is 14.7 Å². The first kappa shape index (κ1) is 10.7. The third-order valence-electron chi connectivity index (χ3n) is 2.22. The molecule has 0 aromatic heterocycles. The number of anilines is 1. The quantitative estimate of drug-likeness (QED) is 0.579. The molecule has 15 heavy (non-hydrogen) atoms. The minimum atomic E-state index is -3.50. The van der Waals surface area contributed by atoms with Gasteiger partial charge >= 0.3 is 0 Å². The fourth-order valence-corrected chi connectivity index (χ4v) is 4.09. The summed E-state index contributed by atoms with van der Waals surface area (Å²) in [5.74, 6) is 5.01. The zero-order chi connectivity index (χ0) is 11.1. The van der Waals surface area contributed by atoms with E-state index in [4.69, 9.17) is 5.84 Å². The Balaban J connectivity index is 2.40. The standard InChI is InChI=1S/C8H11N3O2S2/c1-11-6-4-2-3-5-7(6)14-8(11)15(12,13)10-9/h2-5,8,10H,9H2,1H3. The highest BCUT2D eigenvalue weighted by molar-refractivity contribution is 8.13. The van der Waals surface area contributed by atoms with Crippen molar-refractivity contribution < 1.29 is 8.42 Å². The molecule has 0 amide bonds. The van der Waals surface area contributed by atoms with E-state index >= 15 is 0 Å². The highest BCUT2D eigenvalue weighted by atomic mass is 32.3. The number of fused-ring (bicyclic) bond motifs is 1. The highest BCUT2D eigenvalue weighted by Gasteiger charge is 2.36. The lowest BCUT2D eigenvalue weighted by molar-refractivity contribution is 0.580. The molecule has 2 rings (SSSR count). The molecule has 0 fully saturated rings. The summed E-state index contributed by atoms with van der Waals surface area (Å²) in [5.41, 5.74) is 0.909. The van der Waals surface area contributed by atoms with Crippen LogP contribution in [0.2, 0.25) is 0 Å². The van der Waals surface area contributed by atoms with Gasteiger partial charge in [-0.3, -0.25) is 5.84 Å². The minimum absolute atomic E-state index is 0.695. The lowest BCUT2D eigenvalue weighted by Crippen LogP contribution is -2.43. The largest absolute Gasteiger partial charge is 0.347 e. The van der Waals surface area contributed by atoms with Crippen LogP contribution in [0, 0.1) is 0 Å². The average Bonchev–Trinajstić information content (AvgIpc) is 2.58. The van der Waals surface area contributed by atoms with Crippen molar-refractivity contribution in [2.24, 2.45) is 5.84 Å². The number of nitrogens with two attached hydrogens (primary N) is 1. The van der Waals surface area contributed by atoms with Crippen molar-refractivity contribution in [3.05, 3.63) is 24.3 Å². The molecule has 3 N–H and O–H groups in total. The number of nitrogens with zero attached hydrogens (tertiary/aromatic N) is 1. The molecule has 0 radical (unpaired) electrons. The Kier molecular flexibility index (Phi) is 2.63. The molecule has 7 heteroatoms. The Bertz CT molecular complexity index is 475. The van der Waals surface area contributed by atoms with E-state index in [9.17, 15) is 8.42 Å². The van der Waals surface area contributed by atoms with Gasteiger partial charge in [0.2, 0.25) is 0 Å². The summed E-state index contributed by atoms with van der Waals surface area (Å²) in [6, 6.07) is 7.53. The second-order valence-electron chi connectivity index (χ2n) is 3.17. The molecular weight excluding hydrogens is 234 g/mol. The molecule has 5 nitrogen and oxygen atoms in total. The van der Waals surface area contributed by atoms with Gasteiger partial charge in [0.1, 0.15) is 0 Å². The number of thioether (sulfide) groups is 1. The van der Waals surface area contributed by atoms with Crippen LogP contribution in [0.4, 0.5) is 5.69 Å². The predicted octanol–water partition coefficient (Wildman–Crippen LogP) is 0.305. The molecule has 1 aromatic rings. The van der Waals surface area contributed by atoms with Crippen LogP contribution >= 0.6 is 11.8 Å². The number of rotatable bonds is 2. The Labute approximate surface area is 92.7 Å². The molecule has 1 aliphatic heterocycles. The smallest absolute Gasteiger partial charge is 0.255 e. The van der Waals surface area contributed by atoms with Gasteiger partial charge in [-0.2, -0.15) is 4.83 Å². The number of hydrogen-bond acceptors (Lipinski definition) is 5. The second-order valence-corrected chi connectivity index (χ2v) is 6.36. The number of nitrogens with one attached hydrogen (secondary N) is 1. The zero-order valence-corrected chi connectivity index (χ0v) is 9.68. The molecule has 1 aliphatic rings. The molecule has 0 saturated carbocycles. The Morgan fingerprint density at radius 2 is 2.13 bits per heavy atom. The summed E-state index contributed by atoms with van der Waals surface area (Å²) in [6.45, 7) is 0. The third-order valence-corrected chi connectivity index (χ3v) is 5.56. The molecule has 1 heterocycles. The first-order valence-corrected chi connectivity index (χ1v) is 6.68. The average molecular weight is 245 g/mol. The van der Waals surface area contributed by atoms with Crippen LogP contribution in [-0.2, 0) is 10.0 Å². The van der Waals surface area contributed by atoms with Gasteiger partial charge in [0.05, 0.1) is 5.69 Å². The van der Waals surface area contributed by atoms with Crippen molar-refractivity contribution in [1.29, 1.82) is 0 Å². The van der Waals surface area contributed by atoms with Crippen molar-refractivity contribution in [2.75, 3.05) is 11.9 Å². The molecule has 0 saturated heterocycles. The summed E-state index contributed by atoms with van der Waals surface area (Å²) in [6.07, 6.45) is 0. The maximum atomic E-state index is 11.6. The number of hydrazine groups is 1. The van der Waals surface area contributed by atoms with Crippen LogP contribution in [0.3, 0.4) is 0 Å². The molecule has 1 aromatic carbocycles. The number of benzene rings is 1. The molecule has 0 bridgehead atoms. The monoisotopic (exact) mass is 245 g/mol. The van der Waals surface area contributed by atoms with Gasteiger partial charge in [0.15, 0.2) is 4.71 Å². The SMILES string of the molecule is CN1c2ccccc2SC1S(=O)(=O)NN. The van der Waals surface area contributed by atoms with Gasteiger partial charge in [0.25, 0.3) is 10.0 Å². The molecule has 82 valence electrons. The summed E-state index contributed by atoms with van der Waals surface area (Å²) in [4.78, 5) is 4.50. The van der Waals surface area contributed by atoms with Crippen molar-refractivity contribution in [2.45, 2.75) is 9.60 Å². The minimum Gasteiger partial charge on any atom is -0.347 e. The van der Waals surface area contributed by atoms with Crippen LogP contribution in [0.15, 0.2) is 29.2 Å². The summed E-state index contributed by atoms with van der Waals surface area (Å²) >= 11 is 1.27. The van der Waals surface area contributed by atoms with E-state index in [2.05, 4.69) is 0 Å². The van der Waals surface area contributed by atoms with E-state index in [0.29, 0.717) is 0 Å². The van der Waals surface area contributed by atoms with Crippen LogP contribution in [0.1, 0.15) is 0 Å². The van der Waals surface area contributed by atoms with E-state index in [1.807, 2.05) is 29.1 Å². The number of sulfonamides is 1. The van der Waals surface area contributed by atoms with Crippen molar-refractivity contribution >= 4 is 27.5 Å². The molecule has 0 aliphatic carbocycles. The van der Waals surface area contributed by atoms with Crippen molar-refractivity contribution in [3.63, 3.8) is 0 Å². The van der Waals surface area contributed by atoms with Crippen molar-refractivity contribution in [3.8, 4) is 0 Å². The molecule has 0 spiro atoms. The summed E-state index contributed by atoms with van der Waals surface area (Å²) < 4.78 is 22.5. The molecular formula is C8H11N3O2S2. The first-order valence-electron chi connectivity index (χ1n) is 4.26. The van der Waals surface area contributed by atoms with Crippen LogP contribution in [0.5, 0.6) is 0 Å². The van der Waals surface area contributed by atoms with Crippen LogP contribution in [0.25, 0.3) is 0 Å². The lowest BCUT2D eigenvalue weighted by atomic mass is 10.3. The lowest BCUT2D eigenvalue weighted by Gasteiger charge is -2.20. The van der Waals surface area contributed by atoms with E-state index in [1.165, 1.54) is 11.8 Å². The van der Waals surface area contributed by atoms with Crippen molar-refractivity contribution in [1.82, 2.24) is 4.83 Å². The van der Waals surface area contributed by atoms with Gasteiger partial charge in [-0.05, 0) is 12.1 Å². The van der Waals surface area contributed by atoms with Gasteiger partial charge in [0, 0.05) is 11.9 Å². The molecule has 1 unspecified atom stereocenters. The van der Waals surface area contributed by atoms with Gasteiger partial charge in [-0.1, -0.05) is 23.9 Å². The van der Waals surface area contributed by atoms with E-state index in [1.54, 1.807) is 11.9 Å². The van der Waals surface area contributed by atoms with Crippen LogP contribution < -0.4 is 15.6 Å². The maximum Gasteiger partial charge on any atom is 0.255 e. The maximum absolute atomic E-state index is 11.6. The fourth-order valence-electron chi connectivity index (χ4n) is 1.48. The normalized spacial score (nSPS) is 20.4. The van der Waals surface area contributed by atoms with Crippen LogP contribution in [-0.4, -0.2) is 20.2 Å². The highest BCUT2D eigenvalue weighted by Crippen LogP contribution is 2.43. The zero-order valence-electron chi connectivity index (χ0n) is 8.04. The summed E-state index contributed by atoms with van der Waals surface area (Å²) in [5, 5.41) is 0. The first-order chi connectivity index (χ1) is 7.06. The Hall–Kier alpha value is -0.760. The number of hydrogen-bond donors (Lipinski definition) is 2. The molecule has 1 atom stereocenters. The second kappa shape index (κ2) is 3.67.